The zero-order chi connectivity index (χ0) is 14.5. The van der Waals surface area contributed by atoms with Crippen molar-refractivity contribution in [1.29, 1.82) is 0 Å². The third-order valence-corrected chi connectivity index (χ3v) is 3.19. The highest BCUT2D eigenvalue weighted by Gasteiger charge is 2.07. The Kier molecular flexibility index (Phi) is 4.77. The van der Waals surface area contributed by atoms with Crippen molar-refractivity contribution in [3.63, 3.8) is 0 Å². The molecule has 0 amide bonds. The van der Waals surface area contributed by atoms with Crippen molar-refractivity contribution >= 4 is 17.4 Å². The first kappa shape index (κ1) is 14.6. The molecule has 0 unspecified atom stereocenters. The first-order valence-corrected chi connectivity index (χ1v) is 6.66. The lowest BCUT2D eigenvalue weighted by molar-refractivity contribution is 0.101. The minimum absolute atomic E-state index is 0.0742. The van der Waals surface area contributed by atoms with Gasteiger partial charge in [-0.2, -0.15) is 0 Å². The van der Waals surface area contributed by atoms with E-state index in [4.69, 9.17) is 21.4 Å². The Labute approximate surface area is 122 Å². The summed E-state index contributed by atoms with van der Waals surface area (Å²) in [6, 6.07) is 12.5. The molecule has 0 heterocycles. The van der Waals surface area contributed by atoms with E-state index in [9.17, 15) is 4.79 Å². The van der Waals surface area contributed by atoms with Gasteiger partial charge in [0.2, 0.25) is 0 Å². The van der Waals surface area contributed by atoms with E-state index in [0.717, 1.165) is 5.56 Å². The van der Waals surface area contributed by atoms with Gasteiger partial charge in [0, 0.05) is 18.2 Å². The van der Waals surface area contributed by atoms with E-state index in [2.05, 4.69) is 0 Å². The highest BCUT2D eigenvalue weighted by Crippen LogP contribution is 2.27. The Morgan fingerprint density at radius 3 is 2.35 bits per heavy atom. The molecular formula is C16H15ClO3. The molecule has 1 N–H and O–H groups in total. The summed E-state index contributed by atoms with van der Waals surface area (Å²) < 4.78 is 5.67. The summed E-state index contributed by atoms with van der Waals surface area (Å²) in [6.45, 7) is 1.60. The Hall–Kier alpha value is -1.84. The van der Waals surface area contributed by atoms with E-state index >= 15 is 0 Å². The number of carbonyl (C=O) groups excluding carboxylic acids is 1. The largest absolute Gasteiger partial charge is 0.457 e. The number of Topliss-reactive ketones (excluding diaryl/α,β-unsaturated/α-hetero) is 1. The lowest BCUT2D eigenvalue weighted by atomic mass is 10.1. The molecule has 0 saturated heterocycles. The number of benzene rings is 2. The maximum Gasteiger partial charge on any atom is 0.161 e. The molecule has 2 aromatic carbocycles. The second-order valence-electron chi connectivity index (χ2n) is 4.42. The maximum absolute atomic E-state index is 11.3. The molecule has 0 saturated carbocycles. The molecule has 0 spiro atoms. The van der Waals surface area contributed by atoms with Crippen LogP contribution in [0.3, 0.4) is 0 Å². The molecule has 0 atom stereocenters. The molecule has 0 fully saturated rings. The topological polar surface area (TPSA) is 46.5 Å². The molecule has 0 bridgehead atoms. The van der Waals surface area contributed by atoms with Gasteiger partial charge in [0.15, 0.2) is 5.78 Å². The first-order chi connectivity index (χ1) is 9.60. The van der Waals surface area contributed by atoms with Crippen LogP contribution < -0.4 is 4.74 Å². The summed E-state index contributed by atoms with van der Waals surface area (Å²) in [6.07, 6.45) is 0.624. The van der Waals surface area contributed by atoms with Crippen LogP contribution in [0.25, 0.3) is 0 Å². The Bertz CT molecular complexity index is 606. The highest BCUT2D eigenvalue weighted by molar-refractivity contribution is 6.34. The molecule has 0 aromatic heterocycles. The second kappa shape index (κ2) is 6.55. The fourth-order valence-corrected chi connectivity index (χ4v) is 2.14. The molecule has 20 heavy (non-hydrogen) atoms. The van der Waals surface area contributed by atoms with Crippen LogP contribution >= 0.6 is 11.6 Å². The molecule has 2 rings (SSSR count). The molecule has 0 aliphatic carbocycles. The summed E-state index contributed by atoms with van der Waals surface area (Å²) >= 11 is 6.03. The number of halogens is 1. The quantitative estimate of drug-likeness (QED) is 0.850. The lowest BCUT2D eigenvalue weighted by Gasteiger charge is -2.08. The van der Waals surface area contributed by atoms with Gasteiger partial charge in [0.25, 0.3) is 0 Å². The first-order valence-electron chi connectivity index (χ1n) is 6.28. The molecule has 104 valence electrons. The number of hydrogen-bond acceptors (Lipinski definition) is 3. The van der Waals surface area contributed by atoms with E-state index < -0.39 is 0 Å². The van der Waals surface area contributed by atoms with Gasteiger partial charge in [0.05, 0.1) is 5.02 Å². The standard InChI is InChI=1S/C16H15ClO3/c1-11(19)15-7-6-14(10-16(15)17)20-13-4-2-12(3-5-13)8-9-18/h2-7,10,18H,8-9H2,1H3. The van der Waals surface area contributed by atoms with Crippen LogP contribution in [0.4, 0.5) is 0 Å². The summed E-state index contributed by atoms with van der Waals surface area (Å²) in [7, 11) is 0. The minimum atomic E-state index is -0.0742. The van der Waals surface area contributed by atoms with E-state index in [1.54, 1.807) is 18.2 Å². The average molecular weight is 291 g/mol. The molecule has 0 radical (unpaired) electrons. The van der Waals surface area contributed by atoms with Crippen LogP contribution in [-0.2, 0) is 6.42 Å². The third-order valence-electron chi connectivity index (χ3n) is 2.88. The zero-order valence-corrected chi connectivity index (χ0v) is 11.9. The van der Waals surface area contributed by atoms with Crippen molar-refractivity contribution in [2.45, 2.75) is 13.3 Å². The van der Waals surface area contributed by atoms with Gasteiger partial charge in [-0.25, -0.2) is 0 Å². The molecule has 3 nitrogen and oxygen atoms in total. The molecule has 2 aromatic rings. The number of hydrogen-bond donors (Lipinski definition) is 1. The number of ketones is 1. The molecule has 4 heteroatoms. The number of aliphatic hydroxyl groups is 1. The van der Waals surface area contributed by atoms with Gasteiger partial charge in [-0.1, -0.05) is 23.7 Å². The Morgan fingerprint density at radius 2 is 1.80 bits per heavy atom. The van der Waals surface area contributed by atoms with Crippen LogP contribution in [0.1, 0.15) is 22.8 Å². The van der Waals surface area contributed by atoms with Crippen molar-refractivity contribution in [3.05, 3.63) is 58.6 Å². The van der Waals surface area contributed by atoms with Crippen LogP contribution in [-0.4, -0.2) is 17.5 Å². The third kappa shape index (κ3) is 3.59. The Balaban J connectivity index is 2.13. The number of aliphatic hydroxyl groups excluding tert-OH is 1. The van der Waals surface area contributed by atoms with E-state index in [0.29, 0.717) is 28.5 Å². The van der Waals surface area contributed by atoms with E-state index in [1.807, 2.05) is 24.3 Å². The summed E-state index contributed by atoms with van der Waals surface area (Å²) in [4.78, 5) is 11.3. The molecular weight excluding hydrogens is 276 g/mol. The van der Waals surface area contributed by atoms with Gasteiger partial charge in [-0.05, 0) is 43.2 Å². The molecule has 0 aliphatic heterocycles. The van der Waals surface area contributed by atoms with Crippen LogP contribution in [0.5, 0.6) is 11.5 Å². The van der Waals surface area contributed by atoms with Gasteiger partial charge in [0.1, 0.15) is 11.5 Å². The number of rotatable bonds is 5. The monoisotopic (exact) mass is 290 g/mol. The number of ether oxygens (including phenoxy) is 1. The zero-order valence-electron chi connectivity index (χ0n) is 11.1. The number of carbonyl (C=O) groups is 1. The van der Waals surface area contributed by atoms with Gasteiger partial charge >= 0.3 is 0 Å². The van der Waals surface area contributed by atoms with Crippen molar-refractivity contribution in [1.82, 2.24) is 0 Å². The van der Waals surface area contributed by atoms with Gasteiger partial charge < -0.3 is 9.84 Å². The summed E-state index contributed by atoms with van der Waals surface area (Å²) in [5.41, 5.74) is 1.53. The smallest absolute Gasteiger partial charge is 0.161 e. The van der Waals surface area contributed by atoms with Crippen molar-refractivity contribution < 1.29 is 14.6 Å². The van der Waals surface area contributed by atoms with Crippen LogP contribution in [0.15, 0.2) is 42.5 Å². The Morgan fingerprint density at radius 1 is 1.15 bits per heavy atom. The van der Waals surface area contributed by atoms with Crippen molar-refractivity contribution in [3.8, 4) is 11.5 Å². The fraction of sp³-hybridized carbons (Fsp3) is 0.188. The SMILES string of the molecule is CC(=O)c1ccc(Oc2ccc(CCO)cc2)cc1Cl. The van der Waals surface area contributed by atoms with E-state index in [-0.39, 0.29) is 12.4 Å². The highest BCUT2D eigenvalue weighted by atomic mass is 35.5. The van der Waals surface area contributed by atoms with Gasteiger partial charge in [-0.3, -0.25) is 4.79 Å². The van der Waals surface area contributed by atoms with Gasteiger partial charge in [-0.15, -0.1) is 0 Å². The summed E-state index contributed by atoms with van der Waals surface area (Å²) in [5.74, 6) is 1.18. The molecule has 0 aliphatic rings. The normalized spacial score (nSPS) is 10.3. The van der Waals surface area contributed by atoms with Crippen molar-refractivity contribution in [2.24, 2.45) is 0 Å². The average Bonchev–Trinajstić information content (AvgIpc) is 2.41. The van der Waals surface area contributed by atoms with Crippen molar-refractivity contribution in [2.75, 3.05) is 6.61 Å². The predicted octanol–water partition coefficient (Wildman–Crippen LogP) is 3.87. The fourth-order valence-electron chi connectivity index (χ4n) is 1.83. The van der Waals surface area contributed by atoms with Crippen LogP contribution in [0.2, 0.25) is 5.02 Å². The predicted molar refractivity (Wildman–Crippen MR) is 78.8 cm³/mol. The maximum atomic E-state index is 11.3. The van der Waals surface area contributed by atoms with Crippen LogP contribution in [0, 0.1) is 0 Å². The lowest BCUT2D eigenvalue weighted by Crippen LogP contribution is -1.94. The second-order valence-corrected chi connectivity index (χ2v) is 4.82. The summed E-state index contributed by atoms with van der Waals surface area (Å²) in [5, 5.41) is 9.23. The minimum Gasteiger partial charge on any atom is -0.457 e. The van der Waals surface area contributed by atoms with E-state index in [1.165, 1.54) is 6.92 Å².